The minimum Gasteiger partial charge on any atom is -0.495 e. The molecule has 20 heavy (non-hydrogen) atoms. The molecule has 0 saturated heterocycles. The summed E-state index contributed by atoms with van der Waals surface area (Å²) in [7, 11) is 1.55. The fourth-order valence-electron chi connectivity index (χ4n) is 1.61. The summed E-state index contributed by atoms with van der Waals surface area (Å²) in [5.41, 5.74) is 1.03. The van der Waals surface area contributed by atoms with Gasteiger partial charge in [0.2, 0.25) is 0 Å². The molecule has 0 unspecified atom stereocenters. The molecule has 1 amide bonds. The lowest BCUT2D eigenvalue weighted by atomic mass is 10.2. The predicted octanol–water partition coefficient (Wildman–Crippen LogP) is 4.45. The van der Waals surface area contributed by atoms with Gasteiger partial charge >= 0.3 is 0 Å². The average molecular weight is 450 g/mol. The van der Waals surface area contributed by atoms with Crippen LogP contribution in [0.15, 0.2) is 40.9 Å². The summed E-state index contributed by atoms with van der Waals surface area (Å²) in [5, 5.41) is 2.75. The van der Waals surface area contributed by atoms with E-state index < -0.39 is 0 Å². The van der Waals surface area contributed by atoms with Gasteiger partial charge in [0.05, 0.1) is 17.1 Å². The number of rotatable bonds is 3. The number of amides is 1. The number of hydrogen-bond acceptors (Lipinski definition) is 2. The van der Waals surface area contributed by atoms with Gasteiger partial charge in [-0.15, -0.1) is 0 Å². The first kappa shape index (κ1) is 15.2. The summed E-state index contributed by atoms with van der Waals surface area (Å²) in [4.78, 5) is 12.1. The number of anilines is 1. The molecule has 104 valence electrons. The average Bonchev–Trinajstić information content (AvgIpc) is 2.40. The van der Waals surface area contributed by atoms with Crippen LogP contribution in [0, 0.1) is 9.39 Å². The molecule has 0 fully saturated rings. The van der Waals surface area contributed by atoms with Crippen molar-refractivity contribution in [2.75, 3.05) is 12.4 Å². The lowest BCUT2D eigenvalue weighted by Gasteiger charge is -2.09. The molecule has 0 aliphatic heterocycles. The number of halogens is 3. The fraction of sp³-hybridized carbons (Fsp3) is 0.0714. The van der Waals surface area contributed by atoms with Crippen LogP contribution in [0.1, 0.15) is 10.4 Å². The Hall–Kier alpha value is -1.15. The third kappa shape index (κ3) is 3.49. The van der Waals surface area contributed by atoms with Crippen LogP contribution < -0.4 is 10.1 Å². The van der Waals surface area contributed by atoms with Crippen LogP contribution in [0.2, 0.25) is 0 Å². The maximum Gasteiger partial charge on any atom is 0.256 e. The van der Waals surface area contributed by atoms with Crippen LogP contribution in [0.4, 0.5) is 10.1 Å². The highest BCUT2D eigenvalue weighted by atomic mass is 127. The lowest BCUT2D eigenvalue weighted by molar-refractivity contribution is 0.102. The monoisotopic (exact) mass is 449 g/mol. The molecule has 6 heteroatoms. The number of ether oxygens (including phenoxy) is 1. The van der Waals surface area contributed by atoms with E-state index in [9.17, 15) is 9.18 Å². The van der Waals surface area contributed by atoms with Gasteiger partial charge in [-0.2, -0.15) is 0 Å². The second-order valence-corrected chi connectivity index (χ2v) is 5.94. The third-order valence-electron chi connectivity index (χ3n) is 2.58. The molecule has 2 rings (SSSR count). The Kier molecular flexibility index (Phi) is 4.98. The van der Waals surface area contributed by atoms with Gasteiger partial charge in [-0.3, -0.25) is 4.79 Å². The molecule has 0 aliphatic rings. The summed E-state index contributed by atoms with van der Waals surface area (Å²) < 4.78 is 19.5. The maximum absolute atomic E-state index is 13.0. The van der Waals surface area contributed by atoms with E-state index in [0.717, 1.165) is 4.47 Å². The molecule has 0 aromatic heterocycles. The zero-order valence-electron chi connectivity index (χ0n) is 10.4. The molecule has 0 atom stereocenters. The summed E-state index contributed by atoms with van der Waals surface area (Å²) in [6.45, 7) is 0. The van der Waals surface area contributed by atoms with E-state index in [1.54, 1.807) is 25.3 Å². The first-order valence-corrected chi connectivity index (χ1v) is 7.48. The quantitative estimate of drug-likeness (QED) is 0.703. The lowest BCUT2D eigenvalue weighted by Crippen LogP contribution is -2.13. The largest absolute Gasteiger partial charge is 0.495 e. The van der Waals surface area contributed by atoms with Gasteiger partial charge in [0.25, 0.3) is 5.91 Å². The second-order valence-electron chi connectivity index (χ2n) is 3.93. The molecule has 0 aliphatic carbocycles. The van der Waals surface area contributed by atoms with Crippen molar-refractivity contribution in [3.05, 3.63) is 55.8 Å². The molecule has 0 spiro atoms. The minimum atomic E-state index is -0.365. The van der Waals surface area contributed by atoms with Gasteiger partial charge in [-0.1, -0.05) is 0 Å². The highest BCUT2D eigenvalue weighted by molar-refractivity contribution is 14.1. The van der Waals surface area contributed by atoms with Gasteiger partial charge in [0.15, 0.2) is 0 Å². The Labute approximate surface area is 137 Å². The van der Waals surface area contributed by atoms with E-state index >= 15 is 0 Å². The Morgan fingerprint density at radius 3 is 2.70 bits per heavy atom. The van der Waals surface area contributed by atoms with Crippen LogP contribution in [-0.2, 0) is 0 Å². The fourth-order valence-corrected chi connectivity index (χ4v) is 2.74. The summed E-state index contributed by atoms with van der Waals surface area (Å²) in [6.07, 6.45) is 0. The van der Waals surface area contributed by atoms with Crippen LogP contribution in [0.25, 0.3) is 0 Å². The number of hydrogen-bond donors (Lipinski definition) is 1. The molecule has 0 radical (unpaired) electrons. The third-order valence-corrected chi connectivity index (χ3v) is 4.13. The summed E-state index contributed by atoms with van der Waals surface area (Å²) in [6, 6.07) is 9.28. The van der Waals surface area contributed by atoms with Crippen LogP contribution >= 0.6 is 38.5 Å². The highest BCUT2D eigenvalue weighted by Gasteiger charge is 2.12. The maximum atomic E-state index is 13.0. The van der Waals surface area contributed by atoms with Crippen molar-refractivity contribution >= 4 is 50.1 Å². The number of methoxy groups -OCH3 is 1. The number of benzene rings is 2. The normalized spacial score (nSPS) is 10.2. The molecular formula is C14H10BrFINO2. The van der Waals surface area contributed by atoms with Crippen molar-refractivity contribution in [2.45, 2.75) is 0 Å². The molecular weight excluding hydrogens is 440 g/mol. The van der Waals surface area contributed by atoms with Crippen molar-refractivity contribution in [1.82, 2.24) is 0 Å². The standard InChI is InChI=1S/C14H10BrFINO2/c1-20-13-7-9(3-5-11(13)15)18-14(19)10-4-2-8(16)6-12(10)17/h2-7H,1H3,(H,18,19). The molecule has 0 heterocycles. The Morgan fingerprint density at radius 2 is 2.05 bits per heavy atom. The first-order valence-electron chi connectivity index (χ1n) is 5.61. The molecule has 2 aromatic rings. The van der Waals surface area contributed by atoms with Crippen molar-refractivity contribution in [3.63, 3.8) is 0 Å². The molecule has 3 nitrogen and oxygen atoms in total. The Balaban J connectivity index is 2.23. The van der Waals surface area contributed by atoms with E-state index in [4.69, 9.17) is 4.74 Å². The van der Waals surface area contributed by atoms with E-state index in [2.05, 4.69) is 21.2 Å². The highest BCUT2D eigenvalue weighted by Crippen LogP contribution is 2.28. The Morgan fingerprint density at radius 1 is 1.30 bits per heavy atom. The van der Waals surface area contributed by atoms with Gasteiger partial charge < -0.3 is 10.1 Å². The van der Waals surface area contributed by atoms with Crippen LogP contribution in [-0.4, -0.2) is 13.0 Å². The van der Waals surface area contributed by atoms with E-state index in [-0.39, 0.29) is 11.7 Å². The summed E-state index contributed by atoms with van der Waals surface area (Å²) >= 11 is 5.27. The number of carbonyl (C=O) groups is 1. The molecule has 2 aromatic carbocycles. The van der Waals surface area contributed by atoms with Gasteiger partial charge in [0, 0.05) is 15.3 Å². The van der Waals surface area contributed by atoms with E-state index in [0.29, 0.717) is 20.6 Å². The SMILES string of the molecule is COc1cc(NC(=O)c2ccc(F)cc2I)ccc1Br. The van der Waals surface area contributed by atoms with Crippen molar-refractivity contribution in [3.8, 4) is 5.75 Å². The molecule has 0 bridgehead atoms. The van der Waals surface area contributed by atoms with Crippen LogP contribution in [0.3, 0.4) is 0 Å². The van der Waals surface area contributed by atoms with Gasteiger partial charge in [0.1, 0.15) is 11.6 Å². The van der Waals surface area contributed by atoms with Crippen molar-refractivity contribution < 1.29 is 13.9 Å². The van der Waals surface area contributed by atoms with E-state index in [1.165, 1.54) is 18.2 Å². The molecule has 1 N–H and O–H groups in total. The zero-order chi connectivity index (χ0) is 14.7. The predicted molar refractivity (Wildman–Crippen MR) is 87.8 cm³/mol. The van der Waals surface area contributed by atoms with E-state index in [1.807, 2.05) is 22.6 Å². The van der Waals surface area contributed by atoms with Crippen molar-refractivity contribution in [2.24, 2.45) is 0 Å². The zero-order valence-corrected chi connectivity index (χ0v) is 14.2. The summed E-state index contributed by atoms with van der Waals surface area (Å²) in [5.74, 6) is -0.0355. The second kappa shape index (κ2) is 6.53. The first-order chi connectivity index (χ1) is 9.51. The van der Waals surface area contributed by atoms with Gasteiger partial charge in [-0.05, 0) is 68.9 Å². The minimum absolute atomic E-state index is 0.293. The number of carbonyl (C=O) groups excluding carboxylic acids is 1. The van der Waals surface area contributed by atoms with Crippen LogP contribution in [0.5, 0.6) is 5.75 Å². The van der Waals surface area contributed by atoms with Gasteiger partial charge in [-0.25, -0.2) is 4.39 Å². The Bertz CT molecular complexity index is 664. The smallest absolute Gasteiger partial charge is 0.256 e. The van der Waals surface area contributed by atoms with Crippen molar-refractivity contribution in [1.29, 1.82) is 0 Å². The topological polar surface area (TPSA) is 38.3 Å². The molecule has 0 saturated carbocycles. The number of nitrogens with one attached hydrogen (secondary N) is 1.